The van der Waals surface area contributed by atoms with Crippen molar-refractivity contribution in [1.29, 1.82) is 0 Å². The van der Waals surface area contributed by atoms with Gasteiger partial charge in [-0.2, -0.15) is 13.2 Å². The minimum atomic E-state index is -4.45. The summed E-state index contributed by atoms with van der Waals surface area (Å²) in [5.74, 6) is -1.39. The molecule has 1 aromatic heterocycles. The lowest BCUT2D eigenvalue weighted by Crippen LogP contribution is -2.40. The third-order valence-electron chi connectivity index (χ3n) is 3.43. The van der Waals surface area contributed by atoms with Gasteiger partial charge in [0.1, 0.15) is 5.69 Å². The smallest absolute Gasteiger partial charge is 0.433 e. The van der Waals surface area contributed by atoms with Gasteiger partial charge in [0.15, 0.2) is 0 Å². The van der Waals surface area contributed by atoms with Crippen LogP contribution in [0, 0.1) is 5.92 Å². The molecule has 7 heteroatoms. The molecule has 2 rings (SSSR count). The SMILES string of the molecule is O=C(O)[C@@H]1CC=CC[C@@H]1NCc1ccc(C(F)(F)F)nc1. The molecule has 2 N–H and O–H groups in total. The number of rotatable bonds is 4. The first-order valence-corrected chi connectivity index (χ1v) is 6.51. The Labute approximate surface area is 119 Å². The summed E-state index contributed by atoms with van der Waals surface area (Å²) < 4.78 is 37.2. The second-order valence-electron chi connectivity index (χ2n) is 4.92. The van der Waals surface area contributed by atoms with E-state index in [0.717, 1.165) is 12.3 Å². The molecule has 1 aliphatic rings. The Morgan fingerprint density at radius 3 is 2.62 bits per heavy atom. The lowest BCUT2D eigenvalue weighted by atomic mass is 9.89. The number of carboxylic acids is 1. The second-order valence-corrected chi connectivity index (χ2v) is 4.92. The van der Waals surface area contributed by atoms with Crippen LogP contribution in [-0.4, -0.2) is 22.1 Å². The normalized spacial score (nSPS) is 22.2. The molecule has 0 fully saturated rings. The van der Waals surface area contributed by atoms with Gasteiger partial charge in [-0.15, -0.1) is 0 Å². The van der Waals surface area contributed by atoms with E-state index in [0.29, 0.717) is 18.4 Å². The highest BCUT2D eigenvalue weighted by Gasteiger charge is 2.32. The largest absolute Gasteiger partial charge is 0.481 e. The lowest BCUT2D eigenvalue weighted by molar-refractivity contribution is -0.143. The monoisotopic (exact) mass is 300 g/mol. The van der Waals surface area contributed by atoms with Gasteiger partial charge in [-0.1, -0.05) is 18.2 Å². The number of nitrogens with one attached hydrogen (secondary N) is 1. The predicted molar refractivity (Wildman–Crippen MR) is 69.4 cm³/mol. The van der Waals surface area contributed by atoms with E-state index >= 15 is 0 Å². The van der Waals surface area contributed by atoms with E-state index in [-0.39, 0.29) is 12.6 Å². The van der Waals surface area contributed by atoms with E-state index < -0.39 is 23.8 Å². The van der Waals surface area contributed by atoms with Crippen LogP contribution in [0.1, 0.15) is 24.1 Å². The van der Waals surface area contributed by atoms with Crippen molar-refractivity contribution < 1.29 is 23.1 Å². The van der Waals surface area contributed by atoms with Gasteiger partial charge < -0.3 is 10.4 Å². The number of allylic oxidation sites excluding steroid dienone is 1. The highest BCUT2D eigenvalue weighted by molar-refractivity contribution is 5.71. The van der Waals surface area contributed by atoms with Gasteiger partial charge in [-0.05, 0) is 24.5 Å². The standard InChI is InChI=1S/C14H15F3N2O2/c15-14(16,17)12-6-5-9(8-19-12)7-18-11-4-2-1-3-10(11)13(20)21/h1-2,5-6,8,10-11,18H,3-4,7H2,(H,20,21)/t10-,11+/m1/s1. The molecule has 0 amide bonds. The quantitative estimate of drug-likeness (QED) is 0.839. The number of aromatic nitrogens is 1. The molecule has 4 nitrogen and oxygen atoms in total. The van der Waals surface area contributed by atoms with Gasteiger partial charge in [0, 0.05) is 18.8 Å². The van der Waals surface area contributed by atoms with Crippen LogP contribution in [0.25, 0.3) is 0 Å². The summed E-state index contributed by atoms with van der Waals surface area (Å²) in [6, 6.07) is 2.04. The summed E-state index contributed by atoms with van der Waals surface area (Å²) in [5.41, 5.74) is -0.350. The Morgan fingerprint density at radius 2 is 2.05 bits per heavy atom. The average Bonchev–Trinajstić information content (AvgIpc) is 2.45. The molecule has 0 radical (unpaired) electrons. The van der Waals surface area contributed by atoms with Crippen molar-refractivity contribution in [3.63, 3.8) is 0 Å². The van der Waals surface area contributed by atoms with Gasteiger partial charge in [-0.25, -0.2) is 0 Å². The highest BCUT2D eigenvalue weighted by Crippen LogP contribution is 2.27. The van der Waals surface area contributed by atoms with Crippen molar-refractivity contribution in [2.75, 3.05) is 0 Å². The van der Waals surface area contributed by atoms with Gasteiger partial charge in [0.05, 0.1) is 5.92 Å². The molecule has 2 atom stereocenters. The second kappa shape index (κ2) is 6.26. The topological polar surface area (TPSA) is 62.2 Å². The molecule has 0 unspecified atom stereocenters. The van der Waals surface area contributed by atoms with Crippen molar-refractivity contribution >= 4 is 5.97 Å². The zero-order chi connectivity index (χ0) is 15.5. The average molecular weight is 300 g/mol. The summed E-state index contributed by atoms with van der Waals surface area (Å²) in [6.45, 7) is 0.285. The van der Waals surface area contributed by atoms with Crippen molar-refractivity contribution in [2.24, 2.45) is 5.92 Å². The Kier molecular flexibility index (Phi) is 4.62. The fourth-order valence-electron chi connectivity index (χ4n) is 2.26. The van der Waals surface area contributed by atoms with E-state index in [1.54, 1.807) is 0 Å². The number of hydrogen-bond acceptors (Lipinski definition) is 3. The Hall–Kier alpha value is -1.89. The van der Waals surface area contributed by atoms with Gasteiger partial charge in [0.25, 0.3) is 0 Å². The maximum atomic E-state index is 12.4. The van der Waals surface area contributed by atoms with Gasteiger partial charge in [-0.3, -0.25) is 9.78 Å². The lowest BCUT2D eigenvalue weighted by Gasteiger charge is -2.26. The van der Waals surface area contributed by atoms with E-state index in [1.807, 2.05) is 12.2 Å². The molecule has 0 spiro atoms. The molecule has 0 bridgehead atoms. The first-order valence-electron chi connectivity index (χ1n) is 6.51. The summed E-state index contributed by atoms with van der Waals surface area (Å²) >= 11 is 0. The maximum absolute atomic E-state index is 12.4. The number of hydrogen-bond donors (Lipinski definition) is 2. The predicted octanol–water partition coefficient (Wildman–Crippen LogP) is 2.61. The first-order chi connectivity index (χ1) is 9.88. The van der Waals surface area contributed by atoms with E-state index in [4.69, 9.17) is 5.11 Å². The molecule has 1 aliphatic carbocycles. The zero-order valence-corrected chi connectivity index (χ0v) is 11.1. The highest BCUT2D eigenvalue weighted by atomic mass is 19.4. The van der Waals surface area contributed by atoms with E-state index in [2.05, 4.69) is 10.3 Å². The molecule has 1 aromatic rings. The summed E-state index contributed by atoms with van der Waals surface area (Å²) in [6.07, 6.45) is 1.49. The van der Waals surface area contributed by atoms with Crippen LogP contribution in [0.3, 0.4) is 0 Å². The third kappa shape index (κ3) is 4.04. The van der Waals surface area contributed by atoms with Crippen LogP contribution < -0.4 is 5.32 Å². The zero-order valence-electron chi connectivity index (χ0n) is 11.1. The summed E-state index contributed by atoms with van der Waals surface area (Å²) in [4.78, 5) is 14.5. The molecular formula is C14H15F3N2O2. The van der Waals surface area contributed by atoms with Crippen molar-refractivity contribution in [3.8, 4) is 0 Å². The van der Waals surface area contributed by atoms with Crippen LogP contribution in [-0.2, 0) is 17.5 Å². The van der Waals surface area contributed by atoms with E-state index in [1.165, 1.54) is 6.07 Å². The molecule has 0 aliphatic heterocycles. The fourth-order valence-corrected chi connectivity index (χ4v) is 2.26. The minimum absolute atomic E-state index is 0.227. The maximum Gasteiger partial charge on any atom is 0.433 e. The van der Waals surface area contributed by atoms with Crippen LogP contribution in [0.5, 0.6) is 0 Å². The minimum Gasteiger partial charge on any atom is -0.481 e. The number of nitrogens with zero attached hydrogens (tertiary/aromatic N) is 1. The van der Waals surface area contributed by atoms with Crippen LogP contribution >= 0.6 is 0 Å². The number of carboxylic acid groups (broad SMARTS) is 1. The van der Waals surface area contributed by atoms with Crippen LogP contribution in [0.2, 0.25) is 0 Å². The Morgan fingerprint density at radius 1 is 1.33 bits per heavy atom. The summed E-state index contributed by atoms with van der Waals surface area (Å²) in [5, 5.41) is 12.2. The first kappa shape index (κ1) is 15.5. The van der Waals surface area contributed by atoms with Gasteiger partial charge in [0.2, 0.25) is 0 Å². The number of pyridine rings is 1. The fraction of sp³-hybridized carbons (Fsp3) is 0.429. The summed E-state index contributed by atoms with van der Waals surface area (Å²) in [7, 11) is 0. The van der Waals surface area contributed by atoms with Crippen LogP contribution in [0.15, 0.2) is 30.5 Å². The molecular weight excluding hydrogens is 285 g/mol. The Bertz CT molecular complexity index is 526. The molecule has 1 heterocycles. The molecule has 0 aromatic carbocycles. The van der Waals surface area contributed by atoms with Gasteiger partial charge >= 0.3 is 12.1 Å². The molecule has 0 saturated carbocycles. The van der Waals surface area contributed by atoms with Crippen molar-refractivity contribution in [1.82, 2.24) is 10.3 Å². The Balaban J connectivity index is 1.96. The van der Waals surface area contributed by atoms with Crippen LogP contribution in [0.4, 0.5) is 13.2 Å². The number of aliphatic carboxylic acids is 1. The number of alkyl halides is 3. The van der Waals surface area contributed by atoms with Crippen molar-refractivity contribution in [3.05, 3.63) is 41.7 Å². The van der Waals surface area contributed by atoms with E-state index in [9.17, 15) is 18.0 Å². The third-order valence-corrected chi connectivity index (χ3v) is 3.43. The molecule has 21 heavy (non-hydrogen) atoms. The molecule has 114 valence electrons. The van der Waals surface area contributed by atoms with Crippen molar-refractivity contribution in [2.45, 2.75) is 31.6 Å². The number of carbonyl (C=O) groups is 1. The number of halogens is 3. The molecule has 0 saturated heterocycles.